The lowest BCUT2D eigenvalue weighted by Crippen LogP contribution is -2.44. The summed E-state index contributed by atoms with van der Waals surface area (Å²) in [6.07, 6.45) is 4.31. The van der Waals surface area contributed by atoms with Crippen LogP contribution in [0.5, 0.6) is 23.0 Å². The molecule has 12 heteroatoms. The van der Waals surface area contributed by atoms with Gasteiger partial charge in [-0.05, 0) is 67.3 Å². The fraction of sp³-hybridized carbons (Fsp3) is 0.333. The van der Waals surface area contributed by atoms with Crippen LogP contribution >= 0.6 is 0 Å². The molecule has 1 aliphatic carbocycles. The molecule has 45 heavy (non-hydrogen) atoms. The van der Waals surface area contributed by atoms with E-state index in [2.05, 4.69) is 10.6 Å². The van der Waals surface area contributed by atoms with Gasteiger partial charge in [0.05, 0.1) is 29.3 Å². The predicted molar refractivity (Wildman–Crippen MR) is 160 cm³/mol. The van der Waals surface area contributed by atoms with Crippen LogP contribution in [0.1, 0.15) is 79.1 Å². The van der Waals surface area contributed by atoms with Gasteiger partial charge in [-0.3, -0.25) is 9.59 Å². The van der Waals surface area contributed by atoms with Crippen molar-refractivity contribution in [3.05, 3.63) is 82.4 Å². The minimum absolute atomic E-state index is 0.00786. The summed E-state index contributed by atoms with van der Waals surface area (Å²) in [6.45, 7) is 0.693. The van der Waals surface area contributed by atoms with E-state index in [1.54, 1.807) is 0 Å². The van der Waals surface area contributed by atoms with Gasteiger partial charge in [0, 0.05) is 18.7 Å². The fourth-order valence-corrected chi connectivity index (χ4v) is 5.65. The quantitative estimate of drug-likeness (QED) is 0.152. The molecule has 2 atom stereocenters. The summed E-state index contributed by atoms with van der Waals surface area (Å²) >= 11 is 0. The molecule has 0 radical (unpaired) electrons. The van der Waals surface area contributed by atoms with Gasteiger partial charge in [-0.2, -0.15) is 0 Å². The standard InChI is InChI=1S/C33H34N2O10/c36-21-11-9-19(10-12-21)31(41)35-23-15-34-16-27(23)45-32(42)20-13-25(38)29(26(39)14-20)30(40)28-22(7-4-8-24(28)37)33(43)44-17-18-5-2-1-3-6-18/h4,7-14,18,23,27,34,36-39H,1-3,5-6,15-17H2,(H,35,41)/t23-,27-/m1/s1. The average Bonchev–Trinajstić information content (AvgIpc) is 3.45. The minimum Gasteiger partial charge on any atom is -0.508 e. The van der Waals surface area contributed by atoms with Gasteiger partial charge in [0.15, 0.2) is 0 Å². The molecule has 1 heterocycles. The number of phenolic OH excluding ortho intramolecular Hbond substituents is 4. The second kappa shape index (κ2) is 13.7. The van der Waals surface area contributed by atoms with E-state index in [4.69, 9.17) is 9.47 Å². The first-order valence-corrected chi connectivity index (χ1v) is 14.7. The molecule has 6 N–H and O–H groups in total. The van der Waals surface area contributed by atoms with Crippen LogP contribution in [0.15, 0.2) is 54.6 Å². The van der Waals surface area contributed by atoms with Gasteiger partial charge in [0.25, 0.3) is 5.91 Å². The van der Waals surface area contributed by atoms with Crippen molar-refractivity contribution in [1.82, 2.24) is 10.6 Å². The lowest BCUT2D eigenvalue weighted by molar-refractivity contribution is 0.0282. The summed E-state index contributed by atoms with van der Waals surface area (Å²) in [7, 11) is 0. The molecule has 3 aromatic carbocycles. The molecule has 1 aliphatic heterocycles. The lowest BCUT2D eigenvalue weighted by Gasteiger charge is -2.21. The number of carbonyl (C=O) groups excluding carboxylic acids is 4. The molecule has 2 fully saturated rings. The van der Waals surface area contributed by atoms with Gasteiger partial charge in [0.2, 0.25) is 5.78 Å². The zero-order chi connectivity index (χ0) is 32.1. The molecule has 1 amide bonds. The van der Waals surface area contributed by atoms with Crippen LogP contribution in [0, 0.1) is 5.92 Å². The van der Waals surface area contributed by atoms with Crippen molar-refractivity contribution in [2.75, 3.05) is 19.7 Å². The summed E-state index contributed by atoms with van der Waals surface area (Å²) in [5.41, 5.74) is -1.30. The Kier molecular flexibility index (Phi) is 9.53. The number of hydrogen-bond donors (Lipinski definition) is 6. The smallest absolute Gasteiger partial charge is 0.339 e. The zero-order valence-corrected chi connectivity index (χ0v) is 24.3. The van der Waals surface area contributed by atoms with E-state index >= 15 is 0 Å². The first-order valence-electron chi connectivity index (χ1n) is 14.7. The third-order valence-corrected chi connectivity index (χ3v) is 8.09. The normalized spacial score (nSPS) is 18.2. The molecule has 3 aromatic rings. The Balaban J connectivity index is 1.29. The van der Waals surface area contributed by atoms with Gasteiger partial charge in [-0.15, -0.1) is 0 Å². The topological polar surface area (TPSA) is 192 Å². The number of esters is 2. The van der Waals surface area contributed by atoms with E-state index in [1.807, 2.05) is 0 Å². The van der Waals surface area contributed by atoms with Crippen LogP contribution in [0.4, 0.5) is 0 Å². The first-order chi connectivity index (χ1) is 21.6. The number of amides is 1. The third-order valence-electron chi connectivity index (χ3n) is 8.09. The average molecular weight is 619 g/mol. The molecule has 0 spiro atoms. The fourth-order valence-electron chi connectivity index (χ4n) is 5.65. The number of ether oxygens (including phenoxy) is 2. The summed E-state index contributed by atoms with van der Waals surface area (Å²) in [4.78, 5) is 52.1. The van der Waals surface area contributed by atoms with Gasteiger partial charge in [-0.1, -0.05) is 25.3 Å². The van der Waals surface area contributed by atoms with E-state index in [0.29, 0.717) is 12.1 Å². The summed E-state index contributed by atoms with van der Waals surface area (Å²) < 4.78 is 11.0. The van der Waals surface area contributed by atoms with E-state index in [0.717, 1.165) is 44.2 Å². The van der Waals surface area contributed by atoms with Crippen LogP contribution in [-0.4, -0.2) is 75.9 Å². The second-order valence-corrected chi connectivity index (χ2v) is 11.2. The molecule has 1 saturated heterocycles. The number of hydrogen-bond acceptors (Lipinski definition) is 11. The molecule has 1 saturated carbocycles. The number of aromatic hydroxyl groups is 4. The highest BCUT2D eigenvalue weighted by molar-refractivity contribution is 6.18. The Hall–Kier alpha value is -5.10. The summed E-state index contributed by atoms with van der Waals surface area (Å²) in [5.74, 6) is -5.14. The highest BCUT2D eigenvalue weighted by Crippen LogP contribution is 2.35. The van der Waals surface area contributed by atoms with Crippen molar-refractivity contribution in [2.45, 2.75) is 44.2 Å². The number of rotatable bonds is 9. The SMILES string of the molecule is O=C(N[C@@H]1CNC[C@H]1OC(=O)c1cc(O)c(C(=O)c2c(O)cccc2C(=O)OCC2CCCCC2)c(O)c1)c1ccc(O)cc1. The largest absolute Gasteiger partial charge is 0.508 e. The molecular weight excluding hydrogens is 584 g/mol. The molecule has 12 nitrogen and oxygen atoms in total. The van der Waals surface area contributed by atoms with Gasteiger partial charge in [-0.25, -0.2) is 9.59 Å². The lowest BCUT2D eigenvalue weighted by atomic mass is 9.90. The summed E-state index contributed by atoms with van der Waals surface area (Å²) in [5, 5.41) is 47.3. The zero-order valence-electron chi connectivity index (χ0n) is 24.3. The van der Waals surface area contributed by atoms with Crippen LogP contribution in [0.25, 0.3) is 0 Å². The molecule has 0 bridgehead atoms. The monoisotopic (exact) mass is 618 g/mol. The highest BCUT2D eigenvalue weighted by atomic mass is 16.5. The maximum atomic E-state index is 13.5. The van der Waals surface area contributed by atoms with E-state index in [-0.39, 0.29) is 35.9 Å². The maximum absolute atomic E-state index is 13.5. The van der Waals surface area contributed by atoms with Crippen molar-refractivity contribution in [3.63, 3.8) is 0 Å². The number of nitrogens with one attached hydrogen (secondary N) is 2. The van der Waals surface area contributed by atoms with Crippen molar-refractivity contribution in [3.8, 4) is 23.0 Å². The number of carbonyl (C=O) groups is 4. The Morgan fingerprint density at radius 1 is 0.778 bits per heavy atom. The Labute approximate surface area is 258 Å². The van der Waals surface area contributed by atoms with Crippen molar-refractivity contribution in [2.24, 2.45) is 5.92 Å². The van der Waals surface area contributed by atoms with Crippen LogP contribution in [0.2, 0.25) is 0 Å². The molecule has 236 valence electrons. The van der Waals surface area contributed by atoms with Gasteiger partial charge >= 0.3 is 11.9 Å². The Morgan fingerprint density at radius 2 is 1.47 bits per heavy atom. The molecule has 0 unspecified atom stereocenters. The first kappa shape index (κ1) is 31.3. The molecule has 2 aliphatic rings. The van der Waals surface area contributed by atoms with Crippen LogP contribution in [-0.2, 0) is 9.47 Å². The molecular formula is C33H34N2O10. The van der Waals surface area contributed by atoms with E-state index < -0.39 is 64.2 Å². The second-order valence-electron chi connectivity index (χ2n) is 11.2. The Bertz CT molecular complexity index is 1570. The number of benzene rings is 3. The molecule has 0 aromatic heterocycles. The number of ketones is 1. The van der Waals surface area contributed by atoms with Crippen LogP contribution < -0.4 is 10.6 Å². The maximum Gasteiger partial charge on any atom is 0.339 e. The molecule has 5 rings (SSSR count). The Morgan fingerprint density at radius 3 is 2.16 bits per heavy atom. The predicted octanol–water partition coefficient (Wildman–Crippen LogP) is 3.40. The third kappa shape index (κ3) is 7.18. The highest BCUT2D eigenvalue weighted by Gasteiger charge is 2.33. The van der Waals surface area contributed by atoms with Gasteiger partial charge < -0.3 is 40.5 Å². The minimum atomic E-state index is -1.05. The van der Waals surface area contributed by atoms with Crippen molar-refractivity contribution >= 4 is 23.6 Å². The van der Waals surface area contributed by atoms with E-state index in [1.165, 1.54) is 42.5 Å². The van der Waals surface area contributed by atoms with Crippen molar-refractivity contribution in [1.29, 1.82) is 0 Å². The summed E-state index contributed by atoms with van der Waals surface area (Å²) in [6, 6.07) is 10.8. The van der Waals surface area contributed by atoms with Crippen LogP contribution in [0.3, 0.4) is 0 Å². The van der Waals surface area contributed by atoms with Crippen molar-refractivity contribution < 1.29 is 49.1 Å². The number of phenols is 4. The van der Waals surface area contributed by atoms with Gasteiger partial charge in [0.1, 0.15) is 34.7 Å². The van der Waals surface area contributed by atoms with E-state index in [9.17, 15) is 39.6 Å².